The van der Waals surface area contributed by atoms with Crippen LogP contribution in [0.2, 0.25) is 0 Å². The smallest absolute Gasteiger partial charge is 0.261 e. The Kier molecular flexibility index (Phi) is 7.01. The van der Waals surface area contributed by atoms with E-state index in [-0.39, 0.29) is 23.9 Å². The number of pyridine rings is 1. The minimum atomic E-state index is -0.809. The Morgan fingerprint density at radius 1 is 1.00 bits per heavy atom. The van der Waals surface area contributed by atoms with Gasteiger partial charge in [0.25, 0.3) is 11.8 Å². The highest BCUT2D eigenvalue weighted by Gasteiger charge is 2.40. The van der Waals surface area contributed by atoms with Crippen LogP contribution in [-0.2, 0) is 0 Å². The summed E-state index contributed by atoms with van der Waals surface area (Å²) < 4.78 is 0. The first-order chi connectivity index (χ1) is 17.7. The van der Waals surface area contributed by atoms with Gasteiger partial charge < -0.3 is 15.3 Å². The number of benzene rings is 1. The van der Waals surface area contributed by atoms with Crippen LogP contribution in [-0.4, -0.2) is 63.0 Å². The summed E-state index contributed by atoms with van der Waals surface area (Å²) in [6.07, 6.45) is 8.98. The van der Waals surface area contributed by atoms with Crippen molar-refractivity contribution in [3.05, 3.63) is 88.4 Å². The third kappa shape index (κ3) is 5.11. The molecule has 3 aliphatic rings. The van der Waals surface area contributed by atoms with Gasteiger partial charge >= 0.3 is 0 Å². The van der Waals surface area contributed by atoms with Crippen LogP contribution in [0, 0.1) is 6.92 Å². The maximum atomic E-state index is 12.7. The summed E-state index contributed by atoms with van der Waals surface area (Å²) in [6.45, 7) is 8.15. The van der Waals surface area contributed by atoms with Gasteiger partial charge in [-0.25, -0.2) is 0 Å². The van der Waals surface area contributed by atoms with E-state index in [0.29, 0.717) is 30.5 Å². The van der Waals surface area contributed by atoms with Crippen LogP contribution in [0.15, 0.2) is 66.0 Å². The van der Waals surface area contributed by atoms with Gasteiger partial charge in [0.2, 0.25) is 0 Å². The monoisotopic (exact) mass is 500 g/mol. The lowest BCUT2D eigenvalue weighted by atomic mass is 9.81. The topological polar surface area (TPSA) is 85.8 Å². The molecule has 2 aromatic rings. The minimum absolute atomic E-state index is 0.00339. The quantitative estimate of drug-likeness (QED) is 0.439. The van der Waals surface area contributed by atoms with Crippen LogP contribution in [0.25, 0.3) is 0 Å². The number of nitrogens with zero attached hydrogens (tertiary/aromatic N) is 3. The molecule has 0 aliphatic carbocycles. The number of hydrogen-bond acceptors (Lipinski definition) is 6. The molecule has 2 N–H and O–H groups in total. The molecular weight excluding hydrogens is 464 g/mol. The van der Waals surface area contributed by atoms with Gasteiger partial charge in [-0.15, -0.1) is 0 Å². The zero-order valence-electron chi connectivity index (χ0n) is 21.9. The molecule has 1 unspecified atom stereocenters. The van der Waals surface area contributed by atoms with Gasteiger partial charge in [0, 0.05) is 31.5 Å². The van der Waals surface area contributed by atoms with E-state index in [4.69, 9.17) is 0 Å². The molecule has 1 aromatic heterocycles. The summed E-state index contributed by atoms with van der Waals surface area (Å²) in [5.41, 5.74) is 4.71. The fraction of sp³-hybridized carbons (Fsp3) is 0.433. The summed E-state index contributed by atoms with van der Waals surface area (Å²) in [5, 5.41) is 15.0. The number of aryl methyl sites for hydroxylation is 1. The standard InChI is InChI=1S/C30H36N4O3/c1-20-10-8-14-31-26(20)24-18-30(3,37)19-25(32-24)27-21(2)11-9-16-33(27)15-6-7-17-34-28(35)22-12-4-5-13-23(22)29(34)36/h4-5,8-14,24-25,32,37H,6-7,15-19H2,1-3H3/t24-,25+,30?/m0/s1. The number of carbonyl (C=O) groups is 2. The molecule has 5 rings (SSSR count). The molecular formula is C30H36N4O3. The van der Waals surface area contributed by atoms with Gasteiger partial charge in [0.05, 0.1) is 34.5 Å². The molecule has 0 saturated carbocycles. The number of unbranched alkanes of at least 4 members (excludes halogenated alkanes) is 1. The molecule has 1 saturated heterocycles. The number of hydrogen-bond donors (Lipinski definition) is 2. The molecule has 1 aromatic carbocycles. The highest BCUT2D eigenvalue weighted by Crippen LogP contribution is 2.37. The number of fused-ring (bicyclic) bond motifs is 1. The van der Waals surface area contributed by atoms with Crippen molar-refractivity contribution in [3.63, 3.8) is 0 Å². The van der Waals surface area contributed by atoms with Crippen molar-refractivity contribution in [3.8, 4) is 0 Å². The zero-order chi connectivity index (χ0) is 26.2. The summed E-state index contributed by atoms with van der Waals surface area (Å²) in [7, 11) is 0. The van der Waals surface area contributed by atoms with Crippen molar-refractivity contribution < 1.29 is 14.7 Å². The second kappa shape index (κ2) is 10.2. The molecule has 3 aliphatic heterocycles. The van der Waals surface area contributed by atoms with Crippen LogP contribution < -0.4 is 5.32 Å². The molecule has 0 radical (unpaired) electrons. The molecule has 3 atom stereocenters. The van der Waals surface area contributed by atoms with Crippen LogP contribution in [0.3, 0.4) is 0 Å². The number of amides is 2. The van der Waals surface area contributed by atoms with Crippen molar-refractivity contribution in [1.29, 1.82) is 0 Å². The average molecular weight is 501 g/mol. The van der Waals surface area contributed by atoms with Gasteiger partial charge in [-0.1, -0.05) is 30.4 Å². The maximum absolute atomic E-state index is 12.7. The third-order valence-corrected chi connectivity index (χ3v) is 7.78. The molecule has 4 heterocycles. The highest BCUT2D eigenvalue weighted by atomic mass is 16.3. The van der Waals surface area contributed by atoms with Gasteiger partial charge in [-0.3, -0.25) is 19.5 Å². The Morgan fingerprint density at radius 3 is 2.38 bits per heavy atom. The number of aromatic nitrogens is 1. The van der Waals surface area contributed by atoms with E-state index in [0.717, 1.165) is 37.2 Å². The lowest BCUT2D eigenvalue weighted by molar-refractivity contribution is -0.00305. The van der Waals surface area contributed by atoms with Crippen LogP contribution in [0.5, 0.6) is 0 Å². The lowest BCUT2D eigenvalue weighted by Gasteiger charge is -2.45. The van der Waals surface area contributed by atoms with Gasteiger partial charge in [0.1, 0.15) is 0 Å². The fourth-order valence-corrected chi connectivity index (χ4v) is 6.05. The van der Waals surface area contributed by atoms with Gasteiger partial charge in [-0.2, -0.15) is 0 Å². The molecule has 0 bridgehead atoms. The maximum Gasteiger partial charge on any atom is 0.261 e. The van der Waals surface area contributed by atoms with Crippen molar-refractivity contribution in [2.24, 2.45) is 0 Å². The van der Waals surface area contributed by atoms with Crippen molar-refractivity contribution >= 4 is 11.8 Å². The first-order valence-corrected chi connectivity index (χ1v) is 13.2. The molecule has 1 fully saturated rings. The van der Waals surface area contributed by atoms with Crippen molar-refractivity contribution in [2.75, 3.05) is 19.6 Å². The van der Waals surface area contributed by atoms with E-state index < -0.39 is 5.60 Å². The number of piperidine rings is 1. The van der Waals surface area contributed by atoms with E-state index in [9.17, 15) is 14.7 Å². The Bertz CT molecular complexity index is 1230. The minimum Gasteiger partial charge on any atom is -0.390 e. The number of aliphatic hydroxyl groups is 1. The second-order valence-corrected chi connectivity index (χ2v) is 10.8. The first-order valence-electron chi connectivity index (χ1n) is 13.2. The molecule has 7 nitrogen and oxygen atoms in total. The summed E-state index contributed by atoms with van der Waals surface area (Å²) >= 11 is 0. The van der Waals surface area contributed by atoms with E-state index >= 15 is 0 Å². The number of carbonyl (C=O) groups excluding carboxylic acids is 2. The summed E-state index contributed by atoms with van der Waals surface area (Å²) in [6, 6.07) is 11.0. The Morgan fingerprint density at radius 2 is 1.68 bits per heavy atom. The van der Waals surface area contributed by atoms with Gasteiger partial charge in [-0.05, 0) is 75.8 Å². The largest absolute Gasteiger partial charge is 0.390 e. The predicted molar refractivity (Wildman–Crippen MR) is 143 cm³/mol. The summed E-state index contributed by atoms with van der Waals surface area (Å²) in [4.78, 5) is 33.7. The van der Waals surface area contributed by atoms with E-state index in [1.54, 1.807) is 24.3 Å². The molecule has 7 heteroatoms. The Labute approximate surface area is 218 Å². The molecule has 2 amide bonds. The SMILES string of the molecule is CC1=C([C@H]2CC(C)(O)C[C@@H](c3ncccc3C)N2)N(CCCCN2C(=O)c3ccccc3C2=O)CC=C1. The molecule has 0 spiro atoms. The number of nitrogens with one attached hydrogen (secondary N) is 1. The lowest BCUT2D eigenvalue weighted by Crippen LogP contribution is -2.52. The Hall–Kier alpha value is -3.29. The second-order valence-electron chi connectivity index (χ2n) is 10.8. The number of allylic oxidation sites excluding steroid dienone is 2. The predicted octanol–water partition coefficient (Wildman–Crippen LogP) is 4.16. The normalized spacial score (nSPS) is 25.7. The van der Waals surface area contributed by atoms with Crippen LogP contribution >= 0.6 is 0 Å². The Balaban J connectivity index is 1.25. The number of rotatable bonds is 7. The van der Waals surface area contributed by atoms with E-state index in [1.807, 2.05) is 19.2 Å². The first kappa shape index (κ1) is 25.4. The fourth-order valence-electron chi connectivity index (χ4n) is 6.05. The number of imide groups is 1. The van der Waals surface area contributed by atoms with E-state index in [1.165, 1.54) is 16.2 Å². The van der Waals surface area contributed by atoms with Crippen molar-refractivity contribution in [2.45, 2.75) is 64.1 Å². The molecule has 37 heavy (non-hydrogen) atoms. The molecule has 194 valence electrons. The van der Waals surface area contributed by atoms with E-state index in [2.05, 4.69) is 47.3 Å². The van der Waals surface area contributed by atoms with Crippen LogP contribution in [0.1, 0.15) is 77.5 Å². The third-order valence-electron chi connectivity index (χ3n) is 7.78. The van der Waals surface area contributed by atoms with Crippen LogP contribution in [0.4, 0.5) is 0 Å². The summed E-state index contributed by atoms with van der Waals surface area (Å²) in [5.74, 6) is -0.384. The van der Waals surface area contributed by atoms with Crippen molar-refractivity contribution in [1.82, 2.24) is 20.1 Å². The van der Waals surface area contributed by atoms with Gasteiger partial charge in [0.15, 0.2) is 0 Å². The zero-order valence-corrected chi connectivity index (χ0v) is 21.9. The average Bonchev–Trinajstić information content (AvgIpc) is 3.11. The highest BCUT2D eigenvalue weighted by molar-refractivity contribution is 6.21.